The van der Waals surface area contributed by atoms with Gasteiger partial charge in [0.25, 0.3) is 5.91 Å². The van der Waals surface area contributed by atoms with Gasteiger partial charge in [-0.3, -0.25) is 10.1 Å². The molecule has 0 aliphatic heterocycles. The predicted molar refractivity (Wildman–Crippen MR) is 139 cm³/mol. The van der Waals surface area contributed by atoms with E-state index in [2.05, 4.69) is 17.4 Å². The molecule has 2 N–H and O–H groups in total. The second kappa shape index (κ2) is 10.1. The number of hydrogen-bond acceptors (Lipinski definition) is 4. The highest BCUT2D eigenvalue weighted by molar-refractivity contribution is 6.00. The van der Waals surface area contributed by atoms with Crippen LogP contribution in [0.1, 0.15) is 68.8 Å². The lowest BCUT2D eigenvalue weighted by Gasteiger charge is -2.36. The maximum absolute atomic E-state index is 13.7. The number of carbonyl (C=O) groups is 2. The van der Waals surface area contributed by atoms with Crippen LogP contribution in [0.2, 0.25) is 0 Å². The monoisotopic (exact) mass is 473 g/mol. The van der Waals surface area contributed by atoms with Crippen LogP contribution >= 0.6 is 0 Å². The average Bonchev–Trinajstić information content (AvgIpc) is 3.64. The van der Waals surface area contributed by atoms with Crippen LogP contribution in [0.4, 0.5) is 4.79 Å². The summed E-state index contributed by atoms with van der Waals surface area (Å²) in [5, 5.41) is 11.0. The van der Waals surface area contributed by atoms with Crippen molar-refractivity contribution in [1.82, 2.24) is 10.2 Å². The van der Waals surface area contributed by atoms with Gasteiger partial charge in [-0.2, -0.15) is 0 Å². The number of ether oxygens (including phenoxy) is 1. The minimum Gasteiger partial charge on any atom is -0.444 e. The number of rotatable bonds is 5. The van der Waals surface area contributed by atoms with Crippen LogP contribution in [0.25, 0.3) is 11.1 Å². The molecular weight excluding hydrogens is 438 g/mol. The van der Waals surface area contributed by atoms with Crippen molar-refractivity contribution in [3.8, 4) is 11.1 Å². The Morgan fingerprint density at radius 1 is 1.06 bits per heavy atom. The number of alkyl carbamates (subject to hydrolysis) is 1. The van der Waals surface area contributed by atoms with Crippen molar-refractivity contribution in [2.75, 3.05) is 0 Å². The Balaban J connectivity index is 1.51. The van der Waals surface area contributed by atoms with Crippen molar-refractivity contribution in [2.24, 2.45) is 0 Å². The van der Waals surface area contributed by atoms with Crippen LogP contribution in [0.5, 0.6) is 0 Å². The largest absolute Gasteiger partial charge is 0.444 e. The van der Waals surface area contributed by atoms with Crippen molar-refractivity contribution in [3.05, 3.63) is 71.4 Å². The Morgan fingerprint density at radius 3 is 2.40 bits per heavy atom. The molecule has 2 saturated carbocycles. The molecule has 2 fully saturated rings. The minimum atomic E-state index is -0.589. The molecule has 6 heteroatoms. The molecule has 184 valence electrons. The molecule has 0 saturated heterocycles. The summed E-state index contributed by atoms with van der Waals surface area (Å²) in [7, 11) is 0. The second-order valence-electron chi connectivity index (χ2n) is 10.5. The number of nitrogens with one attached hydrogen (secondary N) is 2. The van der Waals surface area contributed by atoms with Crippen LogP contribution in [-0.2, 0) is 4.74 Å². The fourth-order valence-corrected chi connectivity index (χ4v) is 4.66. The molecule has 4 rings (SSSR count). The first kappa shape index (κ1) is 24.7. The molecular formula is C29H35N3O3. The maximum Gasteiger partial charge on any atom is 0.411 e. The van der Waals surface area contributed by atoms with Crippen molar-refractivity contribution in [3.63, 3.8) is 0 Å². The van der Waals surface area contributed by atoms with Crippen molar-refractivity contribution in [2.45, 2.75) is 77.5 Å². The highest BCUT2D eigenvalue weighted by Crippen LogP contribution is 2.36. The van der Waals surface area contributed by atoms with E-state index in [1.54, 1.807) is 6.20 Å². The van der Waals surface area contributed by atoms with E-state index in [1.165, 1.54) is 0 Å². The molecule has 0 radical (unpaired) electrons. The van der Waals surface area contributed by atoms with Gasteiger partial charge in [0.05, 0.1) is 0 Å². The third-order valence-corrected chi connectivity index (χ3v) is 6.46. The molecule has 35 heavy (non-hydrogen) atoms. The number of aryl methyl sites for hydroxylation is 1. The van der Waals surface area contributed by atoms with Crippen molar-refractivity contribution < 1.29 is 14.3 Å². The van der Waals surface area contributed by atoms with Crippen LogP contribution in [-0.4, -0.2) is 40.3 Å². The predicted octanol–water partition coefficient (Wildman–Crippen LogP) is 6.25. The summed E-state index contributed by atoms with van der Waals surface area (Å²) in [4.78, 5) is 27.8. The van der Waals surface area contributed by atoms with Crippen molar-refractivity contribution >= 4 is 17.7 Å². The standard InChI is InChI=1S/C29H35N3O3/c1-19-16-21(10-14-25(19)20-8-6-5-7-9-20)27(33)32(23-11-12-23)24-13-15-26(30)22(17-24)18-31-28(34)35-29(2,3)4/h5-10,14,16,18,23-24,30H,11-13,15,17H2,1-4H3,(H,31,34)/b22-18-,30-26?. The Morgan fingerprint density at radius 2 is 1.77 bits per heavy atom. The van der Waals surface area contributed by atoms with Gasteiger partial charge in [0, 0.05) is 29.6 Å². The van der Waals surface area contributed by atoms with E-state index < -0.39 is 11.7 Å². The van der Waals surface area contributed by atoms with Crippen LogP contribution in [0.3, 0.4) is 0 Å². The number of carbonyl (C=O) groups excluding carboxylic acids is 2. The van der Waals surface area contributed by atoms with Gasteiger partial charge in [0.1, 0.15) is 5.60 Å². The summed E-state index contributed by atoms with van der Waals surface area (Å²) in [6, 6.07) is 16.4. The van der Waals surface area contributed by atoms with E-state index in [0.717, 1.165) is 41.5 Å². The summed E-state index contributed by atoms with van der Waals surface area (Å²) in [5.41, 5.74) is 4.71. The summed E-state index contributed by atoms with van der Waals surface area (Å²) in [6.07, 6.45) is 4.95. The summed E-state index contributed by atoms with van der Waals surface area (Å²) < 4.78 is 5.31. The summed E-state index contributed by atoms with van der Waals surface area (Å²) in [6.45, 7) is 7.48. The smallest absolute Gasteiger partial charge is 0.411 e. The minimum absolute atomic E-state index is 0.00453. The van der Waals surface area contributed by atoms with Crippen LogP contribution < -0.4 is 5.32 Å². The molecule has 6 nitrogen and oxygen atoms in total. The van der Waals surface area contributed by atoms with E-state index in [9.17, 15) is 9.59 Å². The average molecular weight is 474 g/mol. The van der Waals surface area contributed by atoms with Gasteiger partial charge in [-0.25, -0.2) is 4.79 Å². The van der Waals surface area contributed by atoms with E-state index in [4.69, 9.17) is 10.1 Å². The van der Waals surface area contributed by atoms with Gasteiger partial charge in [-0.05, 0) is 94.2 Å². The quantitative estimate of drug-likeness (QED) is 0.539. The summed E-state index contributed by atoms with van der Waals surface area (Å²) in [5.74, 6) is 0.0492. The topological polar surface area (TPSA) is 82.5 Å². The van der Waals surface area contributed by atoms with E-state index >= 15 is 0 Å². The molecule has 2 aromatic rings. The number of hydrogen-bond donors (Lipinski definition) is 2. The first-order chi connectivity index (χ1) is 16.6. The Labute approximate surface area is 207 Å². The summed E-state index contributed by atoms with van der Waals surface area (Å²) >= 11 is 0. The van der Waals surface area contributed by atoms with E-state index in [1.807, 2.05) is 69.0 Å². The molecule has 1 unspecified atom stereocenters. The lowest BCUT2D eigenvalue weighted by Crippen LogP contribution is -2.44. The fourth-order valence-electron chi connectivity index (χ4n) is 4.66. The highest BCUT2D eigenvalue weighted by Gasteiger charge is 2.39. The molecule has 0 aromatic heterocycles. The van der Waals surface area contributed by atoms with Gasteiger partial charge >= 0.3 is 6.09 Å². The molecule has 0 bridgehead atoms. The lowest BCUT2D eigenvalue weighted by molar-refractivity contribution is 0.0549. The lowest BCUT2D eigenvalue weighted by atomic mass is 9.87. The second-order valence-corrected chi connectivity index (χ2v) is 10.5. The third-order valence-electron chi connectivity index (χ3n) is 6.46. The molecule has 2 aliphatic carbocycles. The molecule has 2 aromatic carbocycles. The zero-order valence-electron chi connectivity index (χ0n) is 21.1. The Kier molecular flexibility index (Phi) is 7.10. The van der Waals surface area contributed by atoms with E-state index in [0.29, 0.717) is 24.1 Å². The van der Waals surface area contributed by atoms with Gasteiger partial charge < -0.3 is 15.0 Å². The third kappa shape index (κ3) is 6.18. The Hall–Kier alpha value is -3.41. The normalized spacial score (nSPS) is 19.4. The zero-order valence-corrected chi connectivity index (χ0v) is 21.1. The first-order valence-electron chi connectivity index (χ1n) is 12.4. The van der Waals surface area contributed by atoms with E-state index in [-0.39, 0.29) is 18.0 Å². The van der Waals surface area contributed by atoms with Crippen LogP contribution in [0, 0.1) is 12.3 Å². The fraction of sp³-hybridized carbons (Fsp3) is 0.414. The van der Waals surface area contributed by atoms with Gasteiger partial charge in [0.15, 0.2) is 0 Å². The molecule has 2 amide bonds. The number of nitrogens with zero attached hydrogens (tertiary/aromatic N) is 1. The zero-order chi connectivity index (χ0) is 25.2. The van der Waals surface area contributed by atoms with Gasteiger partial charge in [-0.15, -0.1) is 0 Å². The van der Waals surface area contributed by atoms with Gasteiger partial charge in [-0.1, -0.05) is 36.4 Å². The number of benzene rings is 2. The molecule has 1 atom stereocenters. The first-order valence-corrected chi connectivity index (χ1v) is 12.4. The number of amides is 2. The van der Waals surface area contributed by atoms with Gasteiger partial charge in [0.2, 0.25) is 0 Å². The van der Waals surface area contributed by atoms with Crippen molar-refractivity contribution in [1.29, 1.82) is 5.41 Å². The Bertz CT molecular complexity index is 1140. The SMILES string of the molecule is Cc1cc(C(=O)N(C2CC2)C2CCC(=N)/C(=C\NC(=O)OC(C)(C)C)C2)ccc1-c1ccccc1. The molecule has 0 heterocycles. The molecule has 0 spiro atoms. The van der Waals surface area contributed by atoms with Crippen LogP contribution in [0.15, 0.2) is 60.3 Å². The highest BCUT2D eigenvalue weighted by atomic mass is 16.6. The maximum atomic E-state index is 13.7. The molecule has 2 aliphatic rings.